The fourth-order valence-corrected chi connectivity index (χ4v) is 0.974. The van der Waals surface area contributed by atoms with E-state index >= 15 is 0 Å². The summed E-state index contributed by atoms with van der Waals surface area (Å²) in [7, 11) is 0. The number of carbonyl (C=O) groups excluding carboxylic acids is 1. The van der Waals surface area contributed by atoms with Crippen molar-refractivity contribution in [2.75, 3.05) is 0 Å². The van der Waals surface area contributed by atoms with Crippen LogP contribution in [-0.2, 0) is 0 Å². The summed E-state index contributed by atoms with van der Waals surface area (Å²) < 4.78 is 4.85. The molecule has 0 aromatic carbocycles. The van der Waals surface area contributed by atoms with E-state index in [4.69, 9.17) is 4.42 Å². The fraction of sp³-hybridized carbons (Fsp3) is 0. The van der Waals surface area contributed by atoms with Crippen molar-refractivity contribution in [3.63, 3.8) is 0 Å². The molecule has 0 spiro atoms. The topological polar surface area (TPSA) is 56.0 Å². The molecule has 0 atom stereocenters. The van der Waals surface area contributed by atoms with Crippen LogP contribution in [0.2, 0.25) is 0 Å². The maximum atomic E-state index is 10.3. The molecule has 2 rings (SSSR count). The molecule has 13 heavy (non-hydrogen) atoms. The van der Waals surface area contributed by atoms with Crippen molar-refractivity contribution in [1.29, 1.82) is 0 Å². The van der Waals surface area contributed by atoms with E-state index in [-0.39, 0.29) is 5.89 Å². The van der Waals surface area contributed by atoms with E-state index in [9.17, 15) is 4.79 Å². The van der Waals surface area contributed by atoms with E-state index in [1.54, 1.807) is 12.3 Å². The molecule has 0 aliphatic rings. The van der Waals surface area contributed by atoms with Crippen LogP contribution in [0.5, 0.6) is 0 Å². The van der Waals surface area contributed by atoms with Gasteiger partial charge in [-0.1, -0.05) is 6.07 Å². The minimum atomic E-state index is 0.0700. The Labute approximate surface area is 74.2 Å². The lowest BCUT2D eigenvalue weighted by Crippen LogP contribution is -1.82. The van der Waals surface area contributed by atoms with E-state index < -0.39 is 0 Å². The number of aldehydes is 1. The lowest BCUT2D eigenvalue weighted by Gasteiger charge is -1.90. The summed E-state index contributed by atoms with van der Waals surface area (Å²) in [6.07, 6.45) is 3.63. The molecule has 0 aliphatic heterocycles. The largest absolute Gasteiger partial charge is 0.442 e. The lowest BCUT2D eigenvalue weighted by atomic mass is 10.3. The third-order valence-electron chi connectivity index (χ3n) is 1.55. The number of rotatable bonds is 2. The van der Waals surface area contributed by atoms with Gasteiger partial charge < -0.3 is 4.42 Å². The second kappa shape index (κ2) is 3.18. The first kappa shape index (κ1) is 7.67. The lowest BCUT2D eigenvalue weighted by molar-refractivity contribution is 0.109. The van der Waals surface area contributed by atoms with Crippen molar-refractivity contribution in [1.82, 2.24) is 9.97 Å². The molecule has 0 saturated carbocycles. The number of carbonyl (C=O) groups is 1. The molecule has 4 heteroatoms. The Morgan fingerprint density at radius 3 is 2.85 bits per heavy atom. The van der Waals surface area contributed by atoms with Crippen molar-refractivity contribution < 1.29 is 9.21 Å². The van der Waals surface area contributed by atoms with Crippen molar-refractivity contribution in [2.24, 2.45) is 0 Å². The zero-order valence-electron chi connectivity index (χ0n) is 6.68. The number of hydrogen-bond donors (Lipinski definition) is 0. The molecule has 0 aliphatic carbocycles. The van der Waals surface area contributed by atoms with E-state index in [0.29, 0.717) is 17.7 Å². The molecule has 0 fully saturated rings. The Morgan fingerprint density at radius 2 is 2.23 bits per heavy atom. The highest BCUT2D eigenvalue weighted by Crippen LogP contribution is 2.13. The number of hydrogen-bond acceptors (Lipinski definition) is 4. The van der Waals surface area contributed by atoms with Gasteiger partial charge >= 0.3 is 0 Å². The second-order valence-corrected chi connectivity index (χ2v) is 2.40. The first-order valence-electron chi connectivity index (χ1n) is 3.72. The van der Waals surface area contributed by atoms with Gasteiger partial charge in [0.1, 0.15) is 12.0 Å². The van der Waals surface area contributed by atoms with Crippen LogP contribution in [0.25, 0.3) is 11.4 Å². The zero-order valence-corrected chi connectivity index (χ0v) is 6.68. The van der Waals surface area contributed by atoms with Gasteiger partial charge in [0.2, 0.25) is 6.29 Å². The van der Waals surface area contributed by atoms with Crippen LogP contribution in [0.4, 0.5) is 0 Å². The smallest absolute Gasteiger partial charge is 0.260 e. The standard InChI is InChI=1S/C9H6N2O2/c12-5-9-11-8(6-13-9)7-3-1-2-4-10-7/h1-6H. The van der Waals surface area contributed by atoms with Crippen molar-refractivity contribution >= 4 is 6.29 Å². The Morgan fingerprint density at radius 1 is 1.31 bits per heavy atom. The predicted octanol–water partition coefficient (Wildman–Crippen LogP) is 1.55. The van der Waals surface area contributed by atoms with Gasteiger partial charge in [-0.3, -0.25) is 9.78 Å². The van der Waals surface area contributed by atoms with Crippen LogP contribution in [0.1, 0.15) is 10.7 Å². The number of oxazole rings is 1. The second-order valence-electron chi connectivity index (χ2n) is 2.40. The van der Waals surface area contributed by atoms with Crippen LogP contribution in [0.3, 0.4) is 0 Å². The molecule has 0 bridgehead atoms. The van der Waals surface area contributed by atoms with Gasteiger partial charge in [0.25, 0.3) is 5.89 Å². The molecule has 0 saturated heterocycles. The summed E-state index contributed by atoms with van der Waals surface area (Å²) in [5, 5.41) is 0. The Hall–Kier alpha value is -1.97. The first-order chi connectivity index (χ1) is 6.40. The Balaban J connectivity index is 2.41. The average Bonchev–Trinajstić information content (AvgIpc) is 2.67. The van der Waals surface area contributed by atoms with Crippen LogP contribution < -0.4 is 0 Å². The van der Waals surface area contributed by atoms with E-state index in [2.05, 4.69) is 9.97 Å². The van der Waals surface area contributed by atoms with Gasteiger partial charge in [0.05, 0.1) is 5.69 Å². The van der Waals surface area contributed by atoms with Crippen LogP contribution >= 0.6 is 0 Å². The summed E-state index contributed by atoms with van der Waals surface area (Å²) in [4.78, 5) is 18.2. The van der Waals surface area contributed by atoms with Gasteiger partial charge in [0.15, 0.2) is 0 Å². The Kier molecular flexibility index (Phi) is 1.88. The van der Waals surface area contributed by atoms with Gasteiger partial charge in [-0.25, -0.2) is 4.98 Å². The number of pyridine rings is 1. The van der Waals surface area contributed by atoms with E-state index in [1.807, 2.05) is 12.1 Å². The molecule has 2 aromatic heterocycles. The third kappa shape index (κ3) is 1.46. The van der Waals surface area contributed by atoms with E-state index in [1.165, 1.54) is 6.26 Å². The molecule has 2 aromatic rings. The summed E-state index contributed by atoms with van der Waals surface area (Å²) in [6.45, 7) is 0. The molecule has 0 unspecified atom stereocenters. The summed E-state index contributed by atoms with van der Waals surface area (Å²) >= 11 is 0. The van der Waals surface area contributed by atoms with Crippen LogP contribution in [-0.4, -0.2) is 16.3 Å². The Bertz CT molecular complexity index is 409. The van der Waals surface area contributed by atoms with Crippen molar-refractivity contribution in [2.45, 2.75) is 0 Å². The monoisotopic (exact) mass is 174 g/mol. The summed E-state index contributed by atoms with van der Waals surface area (Å²) in [5.74, 6) is 0.0700. The molecule has 4 nitrogen and oxygen atoms in total. The van der Waals surface area contributed by atoms with Gasteiger partial charge in [-0.15, -0.1) is 0 Å². The fourth-order valence-electron chi connectivity index (χ4n) is 0.974. The highest BCUT2D eigenvalue weighted by molar-refractivity contribution is 5.69. The SMILES string of the molecule is O=Cc1nc(-c2ccccn2)co1. The predicted molar refractivity (Wildman–Crippen MR) is 45.1 cm³/mol. The molecule has 64 valence electrons. The number of aromatic nitrogens is 2. The quantitative estimate of drug-likeness (QED) is 0.648. The maximum Gasteiger partial charge on any atom is 0.260 e. The molecular formula is C9H6N2O2. The zero-order chi connectivity index (χ0) is 9.10. The minimum absolute atomic E-state index is 0.0700. The highest BCUT2D eigenvalue weighted by Gasteiger charge is 2.04. The molecular weight excluding hydrogens is 168 g/mol. The van der Waals surface area contributed by atoms with Crippen LogP contribution in [0.15, 0.2) is 35.1 Å². The molecule has 0 radical (unpaired) electrons. The van der Waals surface area contributed by atoms with Crippen molar-refractivity contribution in [3.8, 4) is 11.4 Å². The third-order valence-corrected chi connectivity index (χ3v) is 1.55. The molecule has 2 heterocycles. The van der Waals surface area contributed by atoms with Gasteiger partial charge in [-0.05, 0) is 12.1 Å². The normalized spacial score (nSPS) is 9.85. The van der Waals surface area contributed by atoms with E-state index in [0.717, 1.165) is 0 Å². The first-order valence-corrected chi connectivity index (χ1v) is 3.72. The van der Waals surface area contributed by atoms with Crippen LogP contribution in [0, 0.1) is 0 Å². The van der Waals surface area contributed by atoms with Gasteiger partial charge in [-0.2, -0.15) is 0 Å². The summed E-state index contributed by atoms with van der Waals surface area (Å²) in [5.41, 5.74) is 1.27. The molecule has 0 amide bonds. The number of nitrogens with zero attached hydrogens (tertiary/aromatic N) is 2. The average molecular weight is 174 g/mol. The highest BCUT2D eigenvalue weighted by atomic mass is 16.3. The van der Waals surface area contributed by atoms with Crippen molar-refractivity contribution in [3.05, 3.63) is 36.5 Å². The van der Waals surface area contributed by atoms with Gasteiger partial charge in [0, 0.05) is 6.20 Å². The summed E-state index contributed by atoms with van der Waals surface area (Å²) in [6, 6.07) is 5.45. The maximum absolute atomic E-state index is 10.3. The molecule has 0 N–H and O–H groups in total. The minimum Gasteiger partial charge on any atom is -0.442 e.